The molecule has 10 heteroatoms. The summed E-state index contributed by atoms with van der Waals surface area (Å²) in [5.41, 5.74) is 6.37. The highest BCUT2D eigenvalue weighted by molar-refractivity contribution is 7.78. The normalized spacial score (nSPS) is 28.7. The number of thiocarbonyl (C=S) groups is 1. The molecule has 1 aliphatic heterocycles. The number of nitrogens with zero attached hydrogens (tertiary/aromatic N) is 4. The lowest BCUT2D eigenvalue weighted by atomic mass is 10.1. The minimum atomic E-state index is -1.36. The van der Waals surface area contributed by atoms with Crippen LogP contribution >= 0.6 is 12.2 Å². The monoisotopic (exact) mass is 309 g/mol. The standard InChI is InChI=1S/C11H11N5O4S/c12-9-5-10(14-2-13-9)16(3-15-5)11-7(19)6(18)8(20-11)4(17)1-21/h2-3,6-8,11,17-19H,(H2,12,13,14)/t6-,7+,8+,11+/m0/s1. The summed E-state index contributed by atoms with van der Waals surface area (Å²) in [7, 11) is 0. The van der Waals surface area contributed by atoms with Gasteiger partial charge < -0.3 is 25.8 Å². The minimum Gasteiger partial charge on any atom is -0.502 e. The summed E-state index contributed by atoms with van der Waals surface area (Å²) in [6, 6.07) is 0. The molecule has 0 saturated carbocycles. The Morgan fingerprint density at radius 2 is 2.10 bits per heavy atom. The van der Waals surface area contributed by atoms with Crippen LogP contribution in [0.3, 0.4) is 0 Å². The Kier molecular flexibility index (Phi) is 3.32. The second-order valence-electron chi connectivity index (χ2n) is 4.50. The molecule has 3 rings (SSSR count). The molecule has 0 radical (unpaired) electrons. The third-order valence-electron chi connectivity index (χ3n) is 3.27. The van der Waals surface area contributed by atoms with E-state index < -0.39 is 30.3 Å². The lowest BCUT2D eigenvalue weighted by molar-refractivity contribution is -0.0332. The summed E-state index contributed by atoms with van der Waals surface area (Å²) in [6.07, 6.45) is -2.24. The van der Waals surface area contributed by atoms with Gasteiger partial charge in [-0.25, -0.2) is 15.0 Å². The van der Waals surface area contributed by atoms with Crippen molar-refractivity contribution in [3.63, 3.8) is 0 Å². The zero-order valence-electron chi connectivity index (χ0n) is 10.5. The summed E-state index contributed by atoms with van der Waals surface area (Å²) in [5, 5.41) is 31.6. The predicted octanol–water partition coefficient (Wildman–Crippen LogP) is -0.932. The van der Waals surface area contributed by atoms with Crippen LogP contribution in [-0.2, 0) is 4.74 Å². The van der Waals surface area contributed by atoms with E-state index in [0.717, 1.165) is 0 Å². The second kappa shape index (κ2) is 5.02. The molecule has 1 fully saturated rings. The van der Waals surface area contributed by atoms with E-state index in [1.165, 1.54) is 17.2 Å². The van der Waals surface area contributed by atoms with E-state index in [-0.39, 0.29) is 5.82 Å². The van der Waals surface area contributed by atoms with Crippen molar-refractivity contribution < 1.29 is 20.1 Å². The summed E-state index contributed by atoms with van der Waals surface area (Å²) in [4.78, 5) is 11.9. The lowest BCUT2D eigenvalue weighted by Gasteiger charge is -2.16. The van der Waals surface area contributed by atoms with Crippen LogP contribution in [0, 0.1) is 0 Å². The number of nitrogen functional groups attached to an aromatic ring is 1. The Hall–Kier alpha value is -2.10. The molecule has 110 valence electrons. The molecule has 21 heavy (non-hydrogen) atoms. The van der Waals surface area contributed by atoms with Gasteiger partial charge in [-0.1, -0.05) is 0 Å². The summed E-state index contributed by atoms with van der Waals surface area (Å²) in [5.74, 6) is -0.275. The van der Waals surface area contributed by atoms with E-state index in [2.05, 4.69) is 32.2 Å². The van der Waals surface area contributed by atoms with Crippen molar-refractivity contribution >= 4 is 34.2 Å². The molecule has 0 amide bonds. The van der Waals surface area contributed by atoms with Gasteiger partial charge in [0.05, 0.1) is 6.33 Å². The van der Waals surface area contributed by atoms with Crippen molar-refractivity contribution in [1.29, 1.82) is 0 Å². The summed E-state index contributed by atoms with van der Waals surface area (Å²) >= 11 is 4.47. The third kappa shape index (κ3) is 2.06. The highest BCUT2D eigenvalue weighted by Crippen LogP contribution is 2.33. The van der Waals surface area contributed by atoms with Gasteiger partial charge in [0.2, 0.25) is 0 Å². The number of anilines is 1. The largest absolute Gasteiger partial charge is 0.502 e. The van der Waals surface area contributed by atoms with Crippen molar-refractivity contribution in [2.45, 2.75) is 24.5 Å². The number of imidazole rings is 1. The SMILES string of the molecule is Nc1ncnc2c1ncn2[C@@H]1O[C@H](C(O)=C=S)[C@@H](O)[C@H]1O. The van der Waals surface area contributed by atoms with Crippen LogP contribution in [0.25, 0.3) is 11.2 Å². The van der Waals surface area contributed by atoms with Gasteiger partial charge in [-0.15, -0.1) is 0 Å². The average Bonchev–Trinajstić information content (AvgIpc) is 3.02. The zero-order valence-corrected chi connectivity index (χ0v) is 11.3. The predicted molar refractivity (Wildman–Crippen MR) is 74.4 cm³/mol. The fourth-order valence-electron chi connectivity index (χ4n) is 2.23. The Bertz CT molecular complexity index is 743. The summed E-state index contributed by atoms with van der Waals surface area (Å²) < 4.78 is 6.84. The van der Waals surface area contributed by atoms with Crippen LogP contribution in [0.2, 0.25) is 0 Å². The average molecular weight is 309 g/mol. The molecule has 4 atom stereocenters. The first-order chi connectivity index (χ1) is 10.0. The molecule has 9 nitrogen and oxygen atoms in total. The molecule has 0 spiro atoms. The maximum Gasteiger partial charge on any atom is 0.178 e. The molecule has 0 aromatic carbocycles. The number of ether oxygens (including phenoxy) is 1. The minimum absolute atomic E-state index is 0.185. The fraction of sp³-hybridized carbons (Fsp3) is 0.364. The number of aliphatic hydroxyl groups excluding tert-OH is 3. The van der Waals surface area contributed by atoms with E-state index in [1.54, 1.807) is 0 Å². The molecule has 3 heterocycles. The highest BCUT2D eigenvalue weighted by Gasteiger charge is 2.46. The first kappa shape index (κ1) is 13.9. The molecular formula is C11H11N5O4S. The van der Waals surface area contributed by atoms with Crippen molar-refractivity contribution in [2.24, 2.45) is 0 Å². The number of rotatable bonds is 2. The smallest absolute Gasteiger partial charge is 0.178 e. The van der Waals surface area contributed by atoms with Crippen LogP contribution in [0.1, 0.15) is 6.23 Å². The van der Waals surface area contributed by atoms with E-state index in [9.17, 15) is 15.3 Å². The number of hydrogen-bond acceptors (Lipinski definition) is 9. The first-order valence-corrected chi connectivity index (χ1v) is 6.34. The molecular weight excluding hydrogens is 298 g/mol. The molecule has 2 aromatic rings. The zero-order chi connectivity index (χ0) is 15.1. The Morgan fingerprint density at radius 1 is 1.33 bits per heavy atom. The first-order valence-electron chi connectivity index (χ1n) is 5.93. The molecule has 1 saturated heterocycles. The van der Waals surface area contributed by atoms with Gasteiger partial charge in [0.1, 0.15) is 24.1 Å². The quantitative estimate of drug-likeness (QED) is 0.409. The Labute approximate surface area is 123 Å². The number of fused-ring (bicyclic) bond motifs is 1. The maximum absolute atomic E-state index is 10.1. The number of aromatic nitrogens is 4. The Balaban J connectivity index is 2.04. The number of hydrogen-bond donors (Lipinski definition) is 4. The van der Waals surface area contributed by atoms with Gasteiger partial charge in [0, 0.05) is 0 Å². The van der Waals surface area contributed by atoms with Gasteiger partial charge >= 0.3 is 0 Å². The van der Waals surface area contributed by atoms with E-state index in [0.29, 0.717) is 11.2 Å². The summed E-state index contributed by atoms with van der Waals surface area (Å²) in [6.45, 7) is 0. The third-order valence-corrected chi connectivity index (χ3v) is 3.48. The molecule has 2 aromatic heterocycles. The molecule has 1 aliphatic rings. The van der Waals surface area contributed by atoms with Crippen LogP contribution in [-0.4, -0.2) is 58.2 Å². The van der Waals surface area contributed by atoms with Crippen molar-refractivity contribution in [1.82, 2.24) is 19.5 Å². The van der Waals surface area contributed by atoms with Gasteiger partial charge in [-0.3, -0.25) is 4.57 Å². The maximum atomic E-state index is 10.1. The van der Waals surface area contributed by atoms with Crippen LogP contribution < -0.4 is 5.73 Å². The number of nitrogens with two attached hydrogens (primary N) is 1. The highest BCUT2D eigenvalue weighted by atomic mass is 32.1. The molecule has 5 N–H and O–H groups in total. The van der Waals surface area contributed by atoms with Gasteiger partial charge in [-0.05, 0) is 17.2 Å². The molecule has 0 bridgehead atoms. The Morgan fingerprint density at radius 3 is 2.81 bits per heavy atom. The van der Waals surface area contributed by atoms with Crippen molar-refractivity contribution in [3.8, 4) is 0 Å². The van der Waals surface area contributed by atoms with E-state index in [4.69, 9.17) is 10.5 Å². The second-order valence-corrected chi connectivity index (χ2v) is 4.70. The molecule has 0 unspecified atom stereocenters. The van der Waals surface area contributed by atoms with Crippen molar-refractivity contribution in [3.05, 3.63) is 18.4 Å². The fourth-order valence-corrected chi connectivity index (χ4v) is 2.35. The lowest BCUT2D eigenvalue weighted by Crippen LogP contribution is -2.32. The van der Waals surface area contributed by atoms with E-state index >= 15 is 0 Å². The topological polar surface area (TPSA) is 140 Å². The molecule has 0 aliphatic carbocycles. The van der Waals surface area contributed by atoms with Crippen molar-refractivity contribution in [2.75, 3.05) is 5.73 Å². The van der Waals surface area contributed by atoms with Gasteiger partial charge in [0.25, 0.3) is 0 Å². The van der Waals surface area contributed by atoms with Gasteiger partial charge in [0.15, 0.2) is 29.6 Å². The van der Waals surface area contributed by atoms with E-state index in [1.807, 2.05) is 0 Å². The number of aliphatic hydroxyl groups is 3. The van der Waals surface area contributed by atoms with Gasteiger partial charge in [-0.2, -0.15) is 0 Å². The van der Waals surface area contributed by atoms with Crippen LogP contribution in [0.5, 0.6) is 0 Å². The van der Waals surface area contributed by atoms with Crippen LogP contribution in [0.4, 0.5) is 5.82 Å². The van der Waals surface area contributed by atoms with Crippen LogP contribution in [0.15, 0.2) is 18.4 Å².